The standard InChI is InChI=1S/C27H41O5PS/c1-3-4-5-6-7-8-9-13-16-25(28)32-23-17-18-31-27(19-23,30-2)24-21-34-26(29)33(24)20-22-14-11-10-12-15-22/h10-12,14-15,23-24H,3-9,13,16-21H2,1-2H3/t23-,24?,27?,33?/m1/s1. The molecule has 3 unspecified atom stereocenters. The van der Waals surface area contributed by atoms with E-state index in [0.717, 1.165) is 19.0 Å². The summed E-state index contributed by atoms with van der Waals surface area (Å²) >= 11 is 1.40. The van der Waals surface area contributed by atoms with Crippen molar-refractivity contribution in [2.75, 3.05) is 19.5 Å². The molecule has 2 fully saturated rings. The van der Waals surface area contributed by atoms with E-state index in [-0.39, 0.29) is 22.6 Å². The van der Waals surface area contributed by atoms with Crippen LogP contribution in [0.2, 0.25) is 0 Å². The first kappa shape index (κ1) is 27.6. The Bertz CT molecular complexity index is 761. The van der Waals surface area contributed by atoms with Crippen LogP contribution < -0.4 is 0 Å². The molecule has 0 N–H and O–H groups in total. The fourth-order valence-corrected chi connectivity index (χ4v) is 9.80. The summed E-state index contributed by atoms with van der Waals surface area (Å²) in [5, 5.41) is 0. The minimum absolute atomic E-state index is 0.000540. The molecule has 4 atom stereocenters. The van der Waals surface area contributed by atoms with Crippen molar-refractivity contribution in [2.24, 2.45) is 0 Å². The molecule has 7 heteroatoms. The Hall–Kier alpha value is -0.940. The first-order valence-electron chi connectivity index (χ1n) is 12.9. The molecule has 0 aromatic heterocycles. The number of esters is 1. The summed E-state index contributed by atoms with van der Waals surface area (Å²) in [6.07, 6.45) is 11.8. The van der Waals surface area contributed by atoms with Gasteiger partial charge in [-0.2, -0.15) is 0 Å². The number of thioether (sulfide) groups is 1. The summed E-state index contributed by atoms with van der Waals surface area (Å²) in [5.41, 5.74) is 1.17. The summed E-state index contributed by atoms with van der Waals surface area (Å²) < 4.78 is 18.1. The van der Waals surface area contributed by atoms with Gasteiger partial charge in [0.2, 0.25) is 4.86 Å². The van der Waals surface area contributed by atoms with Gasteiger partial charge in [-0.3, -0.25) is 9.59 Å². The molecule has 0 saturated carbocycles. The lowest BCUT2D eigenvalue weighted by Gasteiger charge is -2.44. The number of hydrogen-bond acceptors (Lipinski definition) is 6. The summed E-state index contributed by atoms with van der Waals surface area (Å²) in [4.78, 5) is 25.6. The number of ether oxygens (including phenoxy) is 3. The monoisotopic (exact) mass is 508 g/mol. The molecule has 0 aliphatic carbocycles. The van der Waals surface area contributed by atoms with Crippen LogP contribution in [0.5, 0.6) is 0 Å². The van der Waals surface area contributed by atoms with Crippen LogP contribution >= 0.6 is 19.7 Å². The van der Waals surface area contributed by atoms with Gasteiger partial charge in [-0.05, 0) is 19.9 Å². The number of rotatable bonds is 14. The molecule has 1 aromatic carbocycles. The fraction of sp³-hybridized carbons (Fsp3) is 0.704. The highest BCUT2D eigenvalue weighted by Crippen LogP contribution is 2.61. The number of carbonyl (C=O) groups is 2. The lowest BCUT2D eigenvalue weighted by Crippen LogP contribution is -2.52. The maximum Gasteiger partial charge on any atom is 0.306 e. The van der Waals surface area contributed by atoms with Gasteiger partial charge >= 0.3 is 5.97 Å². The zero-order valence-electron chi connectivity index (χ0n) is 20.8. The summed E-state index contributed by atoms with van der Waals surface area (Å²) in [5.74, 6) is -0.280. The van der Waals surface area contributed by atoms with E-state index in [1.54, 1.807) is 7.11 Å². The zero-order chi connectivity index (χ0) is 24.2. The number of carbonyl (C=O) groups excluding carboxylic acids is 2. The fourth-order valence-electron chi connectivity index (χ4n) is 4.87. The molecule has 0 bridgehead atoms. The minimum atomic E-state index is -0.949. The van der Waals surface area contributed by atoms with Crippen LogP contribution in [0.25, 0.3) is 0 Å². The van der Waals surface area contributed by atoms with Gasteiger partial charge < -0.3 is 14.2 Å². The predicted molar refractivity (Wildman–Crippen MR) is 141 cm³/mol. The molecular formula is C27H41O5PS. The van der Waals surface area contributed by atoms with Crippen LogP contribution in [0.4, 0.5) is 4.79 Å². The quantitative estimate of drug-likeness (QED) is 0.147. The molecular weight excluding hydrogens is 467 g/mol. The molecule has 34 heavy (non-hydrogen) atoms. The molecule has 5 nitrogen and oxygen atoms in total. The average Bonchev–Trinajstić information content (AvgIpc) is 3.22. The molecule has 0 radical (unpaired) electrons. The van der Waals surface area contributed by atoms with Crippen molar-refractivity contribution in [2.45, 2.75) is 101 Å². The second kappa shape index (κ2) is 14.6. The Labute approximate surface area is 210 Å². The first-order chi connectivity index (χ1) is 16.6. The van der Waals surface area contributed by atoms with Crippen molar-refractivity contribution >= 4 is 30.5 Å². The predicted octanol–water partition coefficient (Wildman–Crippen LogP) is 7.50. The van der Waals surface area contributed by atoms with E-state index in [0.29, 0.717) is 31.6 Å². The van der Waals surface area contributed by atoms with Gasteiger partial charge in [-0.15, -0.1) is 0 Å². The SMILES string of the molecule is CCCCCCCCCCC(=O)O[C@@H]1CCOC(OC)(C2CSC(=O)P2Cc2ccccc2)C1. The molecule has 2 saturated heterocycles. The summed E-state index contributed by atoms with van der Waals surface area (Å²) in [6.45, 7) is 2.71. The average molecular weight is 509 g/mol. The molecule has 190 valence electrons. The summed E-state index contributed by atoms with van der Waals surface area (Å²) in [7, 11) is 0.712. The maximum atomic E-state index is 12.8. The van der Waals surface area contributed by atoms with Crippen molar-refractivity contribution in [1.29, 1.82) is 0 Å². The number of methoxy groups -OCH3 is 1. The summed E-state index contributed by atoms with van der Waals surface area (Å²) in [6, 6.07) is 10.2. The largest absolute Gasteiger partial charge is 0.462 e. The molecule has 2 aliphatic rings. The van der Waals surface area contributed by atoms with Crippen molar-refractivity contribution in [3.8, 4) is 0 Å². The number of hydrogen-bond donors (Lipinski definition) is 0. The van der Waals surface area contributed by atoms with Crippen molar-refractivity contribution < 1.29 is 23.8 Å². The van der Waals surface area contributed by atoms with Gasteiger partial charge in [0.1, 0.15) is 6.10 Å². The molecule has 0 spiro atoms. The van der Waals surface area contributed by atoms with Crippen molar-refractivity contribution in [1.82, 2.24) is 0 Å². The van der Waals surface area contributed by atoms with Gasteiger partial charge in [-0.1, -0.05) is 94.0 Å². The van der Waals surface area contributed by atoms with E-state index in [1.165, 1.54) is 55.9 Å². The van der Waals surface area contributed by atoms with Gasteiger partial charge in [0, 0.05) is 38.3 Å². The van der Waals surface area contributed by atoms with Crippen LogP contribution in [0.1, 0.15) is 83.1 Å². The second-order valence-corrected chi connectivity index (χ2v) is 13.0. The number of unbranched alkanes of at least 4 members (excludes halogenated alkanes) is 7. The number of benzene rings is 1. The smallest absolute Gasteiger partial charge is 0.306 e. The van der Waals surface area contributed by atoms with E-state index in [2.05, 4.69) is 19.1 Å². The molecule has 2 heterocycles. The Kier molecular flexibility index (Phi) is 11.9. The van der Waals surface area contributed by atoms with E-state index in [1.807, 2.05) is 18.2 Å². The topological polar surface area (TPSA) is 61.8 Å². The third-order valence-electron chi connectivity index (χ3n) is 6.86. The molecule has 0 amide bonds. The lowest BCUT2D eigenvalue weighted by atomic mass is 9.99. The van der Waals surface area contributed by atoms with Crippen molar-refractivity contribution in [3.05, 3.63) is 35.9 Å². The van der Waals surface area contributed by atoms with Crippen LogP contribution in [-0.2, 0) is 25.2 Å². The van der Waals surface area contributed by atoms with Gasteiger partial charge in [-0.25, -0.2) is 0 Å². The van der Waals surface area contributed by atoms with Gasteiger partial charge in [0.25, 0.3) is 0 Å². The lowest BCUT2D eigenvalue weighted by molar-refractivity contribution is -0.259. The maximum absolute atomic E-state index is 12.8. The third kappa shape index (κ3) is 8.05. The highest BCUT2D eigenvalue weighted by molar-refractivity contribution is 8.27. The zero-order valence-corrected chi connectivity index (χ0v) is 22.5. The van der Waals surface area contributed by atoms with E-state index in [4.69, 9.17) is 14.2 Å². The molecule has 1 aromatic rings. The second-order valence-electron chi connectivity index (χ2n) is 9.40. The minimum Gasteiger partial charge on any atom is -0.462 e. The van der Waals surface area contributed by atoms with E-state index in [9.17, 15) is 9.59 Å². The van der Waals surface area contributed by atoms with Crippen LogP contribution in [0, 0.1) is 0 Å². The Balaban J connectivity index is 1.49. The van der Waals surface area contributed by atoms with E-state index < -0.39 is 13.7 Å². The Morgan fingerprint density at radius 2 is 1.82 bits per heavy atom. The van der Waals surface area contributed by atoms with Gasteiger partial charge in [0.15, 0.2) is 5.79 Å². The van der Waals surface area contributed by atoms with Crippen LogP contribution in [0.15, 0.2) is 30.3 Å². The molecule has 3 rings (SSSR count). The van der Waals surface area contributed by atoms with Crippen LogP contribution in [0.3, 0.4) is 0 Å². The Morgan fingerprint density at radius 3 is 2.53 bits per heavy atom. The van der Waals surface area contributed by atoms with E-state index >= 15 is 0 Å². The highest BCUT2D eigenvalue weighted by Gasteiger charge is 2.53. The first-order valence-corrected chi connectivity index (χ1v) is 15.5. The van der Waals surface area contributed by atoms with Crippen molar-refractivity contribution in [3.63, 3.8) is 0 Å². The van der Waals surface area contributed by atoms with Crippen LogP contribution in [-0.4, -0.2) is 47.8 Å². The highest BCUT2D eigenvalue weighted by atomic mass is 32.2. The Morgan fingerprint density at radius 1 is 1.12 bits per heavy atom. The normalized spacial score (nSPS) is 27.1. The third-order valence-corrected chi connectivity index (χ3v) is 11.4. The molecule has 2 aliphatic heterocycles. The van der Waals surface area contributed by atoms with Gasteiger partial charge in [0.05, 0.1) is 12.3 Å².